The Hall–Kier alpha value is -1.35. The summed E-state index contributed by atoms with van der Waals surface area (Å²) in [7, 11) is 0. The lowest BCUT2D eigenvalue weighted by Crippen LogP contribution is -2.38. The number of carbonyl (C=O) groups excluding carboxylic acids is 1. The molecule has 0 aliphatic carbocycles. The fraction of sp³-hybridized carbons (Fsp3) is 0.611. The lowest BCUT2D eigenvalue weighted by molar-refractivity contribution is -0.121. The van der Waals surface area contributed by atoms with Crippen LogP contribution < -0.4 is 10.6 Å². The van der Waals surface area contributed by atoms with Crippen LogP contribution in [-0.4, -0.2) is 25.5 Å². The van der Waals surface area contributed by atoms with Crippen LogP contribution in [0, 0.1) is 5.92 Å². The third-order valence-corrected chi connectivity index (χ3v) is 4.27. The van der Waals surface area contributed by atoms with E-state index >= 15 is 0 Å². The first kappa shape index (κ1) is 16.0. The molecule has 1 saturated heterocycles. The second kappa shape index (κ2) is 8.18. The van der Waals surface area contributed by atoms with E-state index in [0.29, 0.717) is 18.3 Å². The molecule has 1 atom stereocenters. The number of amides is 1. The molecule has 3 heteroatoms. The van der Waals surface area contributed by atoms with Crippen LogP contribution >= 0.6 is 0 Å². The number of nitrogens with one attached hydrogen (secondary N) is 2. The van der Waals surface area contributed by atoms with Gasteiger partial charge in [-0.15, -0.1) is 0 Å². The molecule has 116 valence electrons. The van der Waals surface area contributed by atoms with Crippen molar-refractivity contribution in [2.75, 3.05) is 19.6 Å². The molecule has 1 amide bonds. The predicted molar refractivity (Wildman–Crippen MR) is 87.5 cm³/mol. The van der Waals surface area contributed by atoms with Crippen LogP contribution in [0.25, 0.3) is 0 Å². The maximum absolute atomic E-state index is 11.9. The number of hydrogen-bond acceptors (Lipinski definition) is 2. The van der Waals surface area contributed by atoms with Crippen molar-refractivity contribution in [1.29, 1.82) is 0 Å². The quantitative estimate of drug-likeness (QED) is 0.845. The Bertz CT molecular complexity index is 433. The maximum Gasteiger partial charge on any atom is 0.220 e. The van der Waals surface area contributed by atoms with Gasteiger partial charge in [0.15, 0.2) is 0 Å². The van der Waals surface area contributed by atoms with Crippen molar-refractivity contribution < 1.29 is 4.79 Å². The molecular weight excluding hydrogens is 260 g/mol. The topological polar surface area (TPSA) is 41.1 Å². The highest BCUT2D eigenvalue weighted by Gasteiger charge is 2.13. The zero-order valence-electron chi connectivity index (χ0n) is 13.3. The molecule has 0 aromatic heterocycles. The third kappa shape index (κ3) is 5.50. The highest BCUT2D eigenvalue weighted by atomic mass is 16.1. The van der Waals surface area contributed by atoms with E-state index in [9.17, 15) is 4.79 Å². The molecule has 0 saturated carbocycles. The molecule has 1 aromatic carbocycles. The smallest absolute Gasteiger partial charge is 0.220 e. The highest BCUT2D eigenvalue weighted by Crippen LogP contribution is 2.15. The average molecular weight is 288 g/mol. The minimum absolute atomic E-state index is 0.175. The summed E-state index contributed by atoms with van der Waals surface area (Å²) >= 11 is 0. The lowest BCUT2D eigenvalue weighted by Gasteiger charge is -2.22. The fourth-order valence-electron chi connectivity index (χ4n) is 2.77. The second-order valence-electron chi connectivity index (χ2n) is 6.41. The first-order chi connectivity index (χ1) is 10.1. The van der Waals surface area contributed by atoms with Gasteiger partial charge >= 0.3 is 0 Å². The van der Waals surface area contributed by atoms with E-state index in [-0.39, 0.29) is 5.91 Å². The molecular formula is C18H28N2O. The summed E-state index contributed by atoms with van der Waals surface area (Å²) in [4.78, 5) is 11.9. The number of aryl methyl sites for hydroxylation is 1. The standard InChI is InChI=1S/C18H28N2O/c1-14(2)17-8-5-15(6-9-17)7-10-18(21)20-13-16-4-3-11-19-12-16/h5-6,8-9,14,16,19H,3-4,7,10-13H2,1-2H3,(H,20,21). The molecule has 1 unspecified atom stereocenters. The molecule has 1 aliphatic rings. The lowest BCUT2D eigenvalue weighted by atomic mass is 9.99. The molecule has 1 fully saturated rings. The molecule has 1 aromatic rings. The van der Waals surface area contributed by atoms with Gasteiger partial charge in [0.05, 0.1) is 0 Å². The van der Waals surface area contributed by atoms with Gasteiger partial charge in [-0.3, -0.25) is 4.79 Å². The Morgan fingerprint density at radius 2 is 2.10 bits per heavy atom. The van der Waals surface area contributed by atoms with Gasteiger partial charge in [-0.2, -0.15) is 0 Å². The largest absolute Gasteiger partial charge is 0.356 e. The first-order valence-corrected chi connectivity index (χ1v) is 8.21. The second-order valence-corrected chi connectivity index (χ2v) is 6.41. The summed E-state index contributed by atoms with van der Waals surface area (Å²) in [5, 5.41) is 6.45. The van der Waals surface area contributed by atoms with Crippen molar-refractivity contribution >= 4 is 5.91 Å². The summed E-state index contributed by atoms with van der Waals surface area (Å²) in [5.74, 6) is 1.34. The summed E-state index contributed by atoms with van der Waals surface area (Å²) in [6.07, 6.45) is 3.86. The van der Waals surface area contributed by atoms with E-state index in [0.717, 1.165) is 26.1 Å². The number of rotatable bonds is 6. The highest BCUT2D eigenvalue weighted by molar-refractivity contribution is 5.76. The minimum Gasteiger partial charge on any atom is -0.356 e. The van der Waals surface area contributed by atoms with Crippen molar-refractivity contribution in [1.82, 2.24) is 10.6 Å². The molecule has 1 aliphatic heterocycles. The van der Waals surface area contributed by atoms with E-state index in [1.165, 1.54) is 24.0 Å². The molecule has 21 heavy (non-hydrogen) atoms. The van der Waals surface area contributed by atoms with Gasteiger partial charge in [-0.25, -0.2) is 0 Å². The summed E-state index contributed by atoms with van der Waals surface area (Å²) in [5.41, 5.74) is 2.60. The number of benzene rings is 1. The van der Waals surface area contributed by atoms with Gasteiger partial charge < -0.3 is 10.6 Å². The van der Waals surface area contributed by atoms with E-state index < -0.39 is 0 Å². The Morgan fingerprint density at radius 3 is 2.71 bits per heavy atom. The zero-order chi connectivity index (χ0) is 15.1. The molecule has 0 radical (unpaired) electrons. The van der Waals surface area contributed by atoms with E-state index in [2.05, 4.69) is 48.7 Å². The third-order valence-electron chi connectivity index (χ3n) is 4.27. The summed E-state index contributed by atoms with van der Waals surface area (Å²) in [6.45, 7) is 7.37. The van der Waals surface area contributed by atoms with Crippen LogP contribution in [0.15, 0.2) is 24.3 Å². The van der Waals surface area contributed by atoms with Crippen LogP contribution in [0.1, 0.15) is 50.2 Å². The van der Waals surface area contributed by atoms with Crippen molar-refractivity contribution in [3.63, 3.8) is 0 Å². The van der Waals surface area contributed by atoms with Gasteiger partial charge in [0.1, 0.15) is 0 Å². The van der Waals surface area contributed by atoms with Crippen LogP contribution in [0.5, 0.6) is 0 Å². The molecule has 3 nitrogen and oxygen atoms in total. The maximum atomic E-state index is 11.9. The van der Waals surface area contributed by atoms with E-state index in [1.54, 1.807) is 0 Å². The minimum atomic E-state index is 0.175. The van der Waals surface area contributed by atoms with Gasteiger partial charge in [0.25, 0.3) is 0 Å². The number of piperidine rings is 1. The monoisotopic (exact) mass is 288 g/mol. The predicted octanol–water partition coefficient (Wildman–Crippen LogP) is 2.86. The van der Waals surface area contributed by atoms with Gasteiger partial charge in [-0.05, 0) is 55.3 Å². The molecule has 1 heterocycles. The van der Waals surface area contributed by atoms with Crippen LogP contribution in [-0.2, 0) is 11.2 Å². The Labute approximate surface area is 128 Å². The molecule has 0 spiro atoms. The normalized spacial score (nSPS) is 18.7. The van der Waals surface area contributed by atoms with Crippen LogP contribution in [0.2, 0.25) is 0 Å². The van der Waals surface area contributed by atoms with Crippen molar-refractivity contribution in [2.24, 2.45) is 5.92 Å². The summed E-state index contributed by atoms with van der Waals surface area (Å²) in [6, 6.07) is 8.64. The number of carbonyl (C=O) groups is 1. The van der Waals surface area contributed by atoms with Crippen LogP contribution in [0.3, 0.4) is 0 Å². The zero-order valence-corrected chi connectivity index (χ0v) is 13.3. The Kier molecular flexibility index (Phi) is 6.24. The Balaban J connectivity index is 1.68. The van der Waals surface area contributed by atoms with Gasteiger partial charge in [0, 0.05) is 13.0 Å². The van der Waals surface area contributed by atoms with E-state index in [1.807, 2.05) is 0 Å². The molecule has 0 bridgehead atoms. The van der Waals surface area contributed by atoms with Gasteiger partial charge in [-0.1, -0.05) is 38.1 Å². The molecule has 2 rings (SSSR count). The van der Waals surface area contributed by atoms with Crippen molar-refractivity contribution in [3.8, 4) is 0 Å². The molecule has 2 N–H and O–H groups in total. The van der Waals surface area contributed by atoms with Crippen molar-refractivity contribution in [2.45, 2.75) is 45.4 Å². The van der Waals surface area contributed by atoms with Gasteiger partial charge in [0.2, 0.25) is 5.91 Å². The summed E-state index contributed by atoms with van der Waals surface area (Å²) < 4.78 is 0. The fourth-order valence-corrected chi connectivity index (χ4v) is 2.77. The van der Waals surface area contributed by atoms with Crippen molar-refractivity contribution in [3.05, 3.63) is 35.4 Å². The average Bonchev–Trinajstić information content (AvgIpc) is 2.52. The first-order valence-electron chi connectivity index (χ1n) is 8.21. The van der Waals surface area contributed by atoms with E-state index in [4.69, 9.17) is 0 Å². The SMILES string of the molecule is CC(C)c1ccc(CCC(=O)NCC2CCCNC2)cc1. The van der Waals surface area contributed by atoms with Crippen LogP contribution in [0.4, 0.5) is 0 Å². The Morgan fingerprint density at radius 1 is 1.33 bits per heavy atom. The number of hydrogen-bond donors (Lipinski definition) is 2.